The van der Waals surface area contributed by atoms with Crippen molar-refractivity contribution in [3.63, 3.8) is 0 Å². The molecule has 5 N–H and O–H groups in total. The van der Waals surface area contributed by atoms with E-state index in [1.165, 1.54) is 11.3 Å². The zero-order valence-corrected chi connectivity index (χ0v) is 26.7. The molecule has 0 aromatic carbocycles. The van der Waals surface area contributed by atoms with Crippen molar-refractivity contribution in [2.75, 3.05) is 17.3 Å². The van der Waals surface area contributed by atoms with Gasteiger partial charge in [0.25, 0.3) is 0 Å². The van der Waals surface area contributed by atoms with Crippen molar-refractivity contribution in [2.24, 2.45) is 16.9 Å². The summed E-state index contributed by atoms with van der Waals surface area (Å²) in [5.74, 6) is 2.02. The van der Waals surface area contributed by atoms with Crippen LogP contribution in [-0.2, 0) is 6.54 Å². The van der Waals surface area contributed by atoms with Gasteiger partial charge in [-0.1, -0.05) is 32.1 Å². The minimum absolute atomic E-state index is 0.143. The maximum atomic E-state index is 6.56. The summed E-state index contributed by atoms with van der Waals surface area (Å²) < 4.78 is 3.13. The van der Waals surface area contributed by atoms with Crippen molar-refractivity contribution >= 4 is 32.6 Å². The molecule has 0 radical (unpaired) electrons. The first-order valence-corrected chi connectivity index (χ1v) is 15.5. The summed E-state index contributed by atoms with van der Waals surface area (Å²) in [6.07, 6.45) is 12.8. The molecular formula is C33H41N9S. The summed E-state index contributed by atoms with van der Waals surface area (Å²) in [6.45, 7) is 11.6. The highest BCUT2D eigenvalue weighted by Gasteiger charge is 2.26. The lowest BCUT2D eigenvalue weighted by molar-refractivity contribution is 0.259. The Labute approximate surface area is 257 Å². The summed E-state index contributed by atoms with van der Waals surface area (Å²) in [5, 5.41) is 8.67. The second kappa shape index (κ2) is 12.5. The summed E-state index contributed by atoms with van der Waals surface area (Å²) >= 11 is 1.50. The molecule has 0 spiro atoms. The van der Waals surface area contributed by atoms with E-state index in [9.17, 15) is 0 Å². The van der Waals surface area contributed by atoms with Crippen molar-refractivity contribution in [3.05, 3.63) is 89.2 Å². The fraction of sp³-hybridized carbons (Fsp3) is 0.364. The molecule has 0 saturated heterocycles. The van der Waals surface area contributed by atoms with Gasteiger partial charge in [-0.2, -0.15) is 10.1 Å². The van der Waals surface area contributed by atoms with E-state index in [1.807, 2.05) is 49.3 Å². The van der Waals surface area contributed by atoms with E-state index >= 15 is 0 Å². The molecule has 1 atom stereocenters. The van der Waals surface area contributed by atoms with Gasteiger partial charge in [-0.3, -0.25) is 4.68 Å². The first-order valence-electron chi connectivity index (χ1n) is 14.7. The molecule has 9 nitrogen and oxygen atoms in total. The van der Waals surface area contributed by atoms with Crippen LogP contribution >= 0.6 is 11.3 Å². The van der Waals surface area contributed by atoms with E-state index in [1.54, 1.807) is 6.20 Å². The Hall–Kier alpha value is -4.40. The van der Waals surface area contributed by atoms with Crippen LogP contribution in [0.15, 0.2) is 77.8 Å². The van der Waals surface area contributed by atoms with Gasteiger partial charge in [-0.15, -0.1) is 5.73 Å². The monoisotopic (exact) mass is 595 g/mol. The van der Waals surface area contributed by atoms with Crippen LogP contribution in [0.4, 0.5) is 10.9 Å². The van der Waals surface area contributed by atoms with Crippen LogP contribution in [0.5, 0.6) is 0 Å². The Kier molecular flexibility index (Phi) is 8.71. The van der Waals surface area contributed by atoms with Crippen molar-refractivity contribution in [2.45, 2.75) is 66.3 Å². The highest BCUT2D eigenvalue weighted by atomic mass is 32.1. The van der Waals surface area contributed by atoms with Gasteiger partial charge in [0, 0.05) is 36.6 Å². The molecule has 1 unspecified atom stereocenters. The number of nitrogens with zero attached hydrogens (tertiary/aromatic N) is 6. The molecule has 0 saturated carbocycles. The lowest BCUT2D eigenvalue weighted by Gasteiger charge is -2.28. The summed E-state index contributed by atoms with van der Waals surface area (Å²) in [7, 11) is 1.92. The zero-order valence-electron chi connectivity index (χ0n) is 25.8. The van der Waals surface area contributed by atoms with E-state index in [-0.39, 0.29) is 11.3 Å². The Bertz CT molecular complexity index is 1710. The fourth-order valence-corrected chi connectivity index (χ4v) is 5.99. The van der Waals surface area contributed by atoms with Gasteiger partial charge < -0.3 is 21.7 Å². The SMILES string of the molecule is CCC(C)c1nc(N(C)/C(N)=C/C(C)=C(\N)Nc2nc3ncccc3s2)ccc1-c1cnn(CC2(C)CC=C=CC2)c1C. The predicted octanol–water partition coefficient (Wildman–Crippen LogP) is 6.82. The molecule has 0 aliphatic heterocycles. The molecule has 0 bridgehead atoms. The molecule has 10 heteroatoms. The Morgan fingerprint density at radius 3 is 2.70 bits per heavy atom. The maximum Gasteiger partial charge on any atom is 0.190 e. The molecule has 1 aliphatic carbocycles. The van der Waals surface area contributed by atoms with Crippen LogP contribution in [0.1, 0.15) is 64.3 Å². The molecule has 43 heavy (non-hydrogen) atoms. The van der Waals surface area contributed by atoms with Crippen molar-refractivity contribution in [3.8, 4) is 11.1 Å². The first-order chi connectivity index (χ1) is 20.6. The summed E-state index contributed by atoms with van der Waals surface area (Å²) in [6, 6.07) is 8.04. The quantitative estimate of drug-likeness (QED) is 0.135. The number of pyridine rings is 2. The van der Waals surface area contributed by atoms with Crippen molar-refractivity contribution < 1.29 is 0 Å². The van der Waals surface area contributed by atoms with Crippen LogP contribution in [0.25, 0.3) is 21.5 Å². The van der Waals surface area contributed by atoms with Crippen LogP contribution < -0.4 is 21.7 Å². The number of aromatic nitrogens is 5. The average molecular weight is 596 g/mol. The van der Waals surface area contributed by atoms with Gasteiger partial charge >= 0.3 is 0 Å². The number of nitrogens with one attached hydrogen (secondary N) is 1. The standard InChI is InChI=1S/C33H41N9S/c1-7-21(2)29-24(25-19-37-42(23(25)4)20-33(5)15-9-8-10-16-33)13-14-28(38-29)41(6)27(34)18-22(3)30(35)39-32-40-31-26(43-32)12-11-17-36-31/h9-14,17-19,21H,7,15-16,20,34-35H2,1-6H3,(H,36,39,40)/b27-18+,30-22+. The number of anilines is 2. The topological polar surface area (TPSA) is 124 Å². The van der Waals surface area contributed by atoms with Gasteiger partial charge in [0.2, 0.25) is 0 Å². The predicted molar refractivity (Wildman–Crippen MR) is 177 cm³/mol. The number of allylic oxidation sites excluding steroid dienone is 3. The molecule has 4 aromatic heterocycles. The van der Waals surface area contributed by atoms with Gasteiger partial charge in [0.15, 0.2) is 10.8 Å². The number of hydrogen-bond acceptors (Lipinski definition) is 9. The normalized spacial score (nSPS) is 15.9. The van der Waals surface area contributed by atoms with Crippen LogP contribution in [0, 0.1) is 12.3 Å². The maximum absolute atomic E-state index is 6.56. The summed E-state index contributed by atoms with van der Waals surface area (Å²) in [5.41, 5.74) is 22.2. The lowest BCUT2D eigenvalue weighted by atomic mass is 9.81. The highest BCUT2D eigenvalue weighted by molar-refractivity contribution is 7.22. The Balaban J connectivity index is 1.38. The second-order valence-electron chi connectivity index (χ2n) is 11.7. The molecule has 0 fully saturated rings. The third-order valence-electron chi connectivity index (χ3n) is 8.27. The van der Waals surface area contributed by atoms with Gasteiger partial charge in [-0.25, -0.2) is 9.97 Å². The third-order valence-corrected chi connectivity index (χ3v) is 9.19. The zero-order chi connectivity index (χ0) is 30.7. The molecule has 4 heterocycles. The van der Waals surface area contributed by atoms with Crippen LogP contribution in [-0.4, -0.2) is 31.8 Å². The molecule has 5 rings (SSSR count). The molecule has 0 amide bonds. The second-order valence-corrected chi connectivity index (χ2v) is 12.7. The smallest absolute Gasteiger partial charge is 0.190 e. The van der Waals surface area contributed by atoms with Gasteiger partial charge in [0.05, 0.1) is 16.6 Å². The average Bonchev–Trinajstić information content (AvgIpc) is 3.58. The minimum Gasteiger partial charge on any atom is -0.385 e. The van der Waals surface area contributed by atoms with Crippen molar-refractivity contribution in [1.29, 1.82) is 0 Å². The number of hydrogen-bond donors (Lipinski definition) is 3. The summed E-state index contributed by atoms with van der Waals surface area (Å²) in [4.78, 5) is 15.8. The number of nitrogens with two attached hydrogens (primary N) is 2. The number of thiazole rings is 1. The minimum atomic E-state index is 0.143. The van der Waals surface area contributed by atoms with Gasteiger partial charge in [0.1, 0.15) is 17.5 Å². The first kappa shape index (κ1) is 30.1. The van der Waals surface area contributed by atoms with Crippen LogP contribution in [0.2, 0.25) is 0 Å². The molecule has 224 valence electrons. The van der Waals surface area contributed by atoms with E-state index < -0.39 is 0 Å². The van der Waals surface area contributed by atoms with E-state index in [4.69, 9.17) is 21.5 Å². The molecule has 1 aliphatic rings. The van der Waals surface area contributed by atoms with E-state index in [0.29, 0.717) is 22.4 Å². The lowest BCUT2D eigenvalue weighted by Crippen LogP contribution is -2.25. The largest absolute Gasteiger partial charge is 0.385 e. The van der Waals surface area contributed by atoms with Gasteiger partial charge in [-0.05, 0) is 92.5 Å². The molecular weight excluding hydrogens is 554 g/mol. The van der Waals surface area contributed by atoms with E-state index in [0.717, 1.165) is 64.4 Å². The highest BCUT2D eigenvalue weighted by Crippen LogP contribution is 2.36. The molecule has 4 aromatic rings. The third kappa shape index (κ3) is 6.50. The van der Waals surface area contributed by atoms with Crippen molar-refractivity contribution in [1.82, 2.24) is 24.7 Å². The van der Waals surface area contributed by atoms with Crippen LogP contribution in [0.3, 0.4) is 0 Å². The van der Waals surface area contributed by atoms with E-state index in [2.05, 4.69) is 71.6 Å². The number of rotatable bonds is 10. The Morgan fingerprint density at radius 1 is 1.21 bits per heavy atom. The fourth-order valence-electron chi connectivity index (χ4n) is 5.15. The number of fused-ring (bicyclic) bond motifs is 1. The Morgan fingerprint density at radius 2 is 1.98 bits per heavy atom.